The lowest BCUT2D eigenvalue weighted by Crippen LogP contribution is -2.44. The molecule has 7 heteroatoms. The Hall–Kier alpha value is -0.0231. The summed E-state index contributed by atoms with van der Waals surface area (Å²) in [7, 11) is 7.67. The van der Waals surface area contributed by atoms with E-state index in [4.69, 9.17) is 27.5 Å². The van der Waals surface area contributed by atoms with Gasteiger partial charge in [-0.05, 0) is 12.8 Å². The van der Waals surface area contributed by atoms with E-state index in [0.717, 1.165) is 31.7 Å². The largest absolute Gasteiger partial charge is 0.500 e. The Morgan fingerprint density at radius 2 is 1.07 bits per heavy atom. The summed E-state index contributed by atoms with van der Waals surface area (Å²) in [5, 5.41) is 0. The first kappa shape index (κ1) is 31.2. The number of rotatable bonds is 18. The molecule has 0 N–H and O–H groups in total. The number of unbranched alkanes of at least 4 members (excludes halogenated alkanes) is 5. The maximum Gasteiger partial charge on any atom is 0.500 e. The summed E-state index contributed by atoms with van der Waals surface area (Å²) >= 11 is 0. The van der Waals surface area contributed by atoms with E-state index >= 15 is 0 Å². The molecule has 0 fully saturated rings. The molecule has 0 spiro atoms. The summed E-state index contributed by atoms with van der Waals surface area (Å²) in [4.78, 5) is 0. The topological polar surface area (TPSA) is 55.4 Å². The molecule has 0 saturated carbocycles. The molecule has 0 aromatic carbocycles. The van der Waals surface area contributed by atoms with Crippen molar-refractivity contribution in [2.45, 2.75) is 97.0 Å². The number of hydrogen-bond donors (Lipinski definition) is 0. The van der Waals surface area contributed by atoms with Crippen molar-refractivity contribution < 1.29 is 27.5 Å². The highest BCUT2D eigenvalue weighted by Gasteiger charge is 2.39. The van der Waals surface area contributed by atoms with Crippen LogP contribution in [0.5, 0.6) is 0 Å². The SMILES string of the molecule is CCCCCCCCC(CCC)C(OC)(OC)OC.CCC[Si](OC)(OC)OC. The van der Waals surface area contributed by atoms with Crippen LogP contribution in [0.4, 0.5) is 0 Å². The Bertz CT molecular complexity index is 319. The second-order valence-corrected chi connectivity index (χ2v) is 10.4. The van der Waals surface area contributed by atoms with Gasteiger partial charge in [-0.25, -0.2) is 0 Å². The smallest absolute Gasteiger partial charge is 0.377 e. The van der Waals surface area contributed by atoms with Crippen molar-refractivity contribution in [1.29, 1.82) is 0 Å². The van der Waals surface area contributed by atoms with Gasteiger partial charge in [-0.1, -0.05) is 72.1 Å². The van der Waals surface area contributed by atoms with Crippen LogP contribution < -0.4 is 0 Å². The second-order valence-electron chi connectivity index (χ2n) is 7.30. The molecule has 0 heterocycles. The van der Waals surface area contributed by atoms with Crippen LogP contribution in [0.15, 0.2) is 0 Å². The molecule has 0 aromatic heterocycles. The molecule has 29 heavy (non-hydrogen) atoms. The lowest BCUT2D eigenvalue weighted by molar-refractivity contribution is -0.380. The van der Waals surface area contributed by atoms with Gasteiger partial charge in [0, 0.05) is 54.6 Å². The minimum Gasteiger partial charge on any atom is -0.377 e. The highest BCUT2D eigenvalue weighted by atomic mass is 28.4. The van der Waals surface area contributed by atoms with Crippen molar-refractivity contribution >= 4 is 8.80 Å². The molecule has 0 radical (unpaired) electrons. The average molecular weight is 439 g/mol. The van der Waals surface area contributed by atoms with Gasteiger partial charge in [0.25, 0.3) is 5.97 Å². The van der Waals surface area contributed by atoms with Crippen LogP contribution >= 0.6 is 0 Å². The number of hydrogen-bond acceptors (Lipinski definition) is 6. The summed E-state index contributed by atoms with van der Waals surface area (Å²) in [6.07, 6.45) is 12.2. The van der Waals surface area contributed by atoms with Crippen LogP contribution in [0.1, 0.15) is 85.0 Å². The van der Waals surface area contributed by atoms with Gasteiger partial charge >= 0.3 is 8.80 Å². The Morgan fingerprint density at radius 3 is 1.41 bits per heavy atom. The van der Waals surface area contributed by atoms with E-state index in [2.05, 4.69) is 20.8 Å². The van der Waals surface area contributed by atoms with Crippen molar-refractivity contribution in [3.05, 3.63) is 0 Å². The third-order valence-corrected chi connectivity index (χ3v) is 8.36. The summed E-state index contributed by atoms with van der Waals surface area (Å²) < 4.78 is 32.0. The molecule has 0 rings (SSSR count). The van der Waals surface area contributed by atoms with Crippen molar-refractivity contribution in [2.24, 2.45) is 5.92 Å². The van der Waals surface area contributed by atoms with E-state index in [1.54, 1.807) is 42.7 Å². The average Bonchev–Trinajstić information content (AvgIpc) is 2.76. The standard InChI is InChI=1S/C16H34O3.C6H16O3Si/c1-6-8-9-10-11-12-14-15(13-7-2)16(17-3,18-4)19-5;1-5-6-10(7-2,8-3)9-4/h15H,6-14H2,1-5H3;5-6H2,1-4H3. The molecule has 1 atom stereocenters. The van der Waals surface area contributed by atoms with Crippen molar-refractivity contribution in [1.82, 2.24) is 0 Å². The lowest BCUT2D eigenvalue weighted by atomic mass is 9.93. The first-order chi connectivity index (χ1) is 13.9. The molecule has 0 saturated heterocycles. The molecule has 6 nitrogen and oxygen atoms in total. The molecular formula is C22H50O6Si. The van der Waals surface area contributed by atoms with Crippen LogP contribution in [0.3, 0.4) is 0 Å². The van der Waals surface area contributed by atoms with E-state index in [1.165, 1.54) is 38.5 Å². The molecule has 0 amide bonds. The van der Waals surface area contributed by atoms with E-state index in [0.29, 0.717) is 5.92 Å². The van der Waals surface area contributed by atoms with Gasteiger partial charge in [0.1, 0.15) is 0 Å². The van der Waals surface area contributed by atoms with Crippen LogP contribution in [0.2, 0.25) is 6.04 Å². The molecule has 0 aliphatic heterocycles. The highest BCUT2D eigenvalue weighted by Crippen LogP contribution is 2.32. The summed E-state index contributed by atoms with van der Waals surface area (Å²) in [5.41, 5.74) is 0. The molecule has 0 aliphatic rings. The van der Waals surface area contributed by atoms with Crippen LogP contribution in [-0.4, -0.2) is 57.4 Å². The predicted molar refractivity (Wildman–Crippen MR) is 122 cm³/mol. The maximum atomic E-state index is 5.50. The first-order valence-electron chi connectivity index (χ1n) is 11.3. The Labute approximate surface area is 182 Å². The highest BCUT2D eigenvalue weighted by molar-refractivity contribution is 6.60. The van der Waals surface area contributed by atoms with Crippen molar-refractivity contribution in [3.8, 4) is 0 Å². The molecule has 0 bridgehead atoms. The van der Waals surface area contributed by atoms with Crippen LogP contribution in [-0.2, 0) is 27.5 Å². The third kappa shape index (κ3) is 12.4. The quantitative estimate of drug-likeness (QED) is 0.148. The van der Waals surface area contributed by atoms with Gasteiger partial charge in [0.2, 0.25) is 0 Å². The maximum absolute atomic E-state index is 5.50. The fraction of sp³-hybridized carbons (Fsp3) is 1.00. The molecule has 0 aromatic rings. The first-order valence-corrected chi connectivity index (χ1v) is 13.2. The van der Waals surface area contributed by atoms with Gasteiger partial charge in [0.15, 0.2) is 0 Å². The Balaban J connectivity index is 0. The van der Waals surface area contributed by atoms with Gasteiger partial charge in [-0.3, -0.25) is 0 Å². The molecular weight excluding hydrogens is 388 g/mol. The van der Waals surface area contributed by atoms with E-state index in [1.807, 2.05) is 0 Å². The van der Waals surface area contributed by atoms with Crippen molar-refractivity contribution in [2.75, 3.05) is 42.7 Å². The van der Waals surface area contributed by atoms with Gasteiger partial charge in [-0.15, -0.1) is 0 Å². The minimum atomic E-state index is -2.22. The summed E-state index contributed by atoms with van der Waals surface area (Å²) in [6, 6.07) is 0.885. The van der Waals surface area contributed by atoms with Gasteiger partial charge < -0.3 is 27.5 Å². The fourth-order valence-corrected chi connectivity index (χ4v) is 5.35. The zero-order chi connectivity index (χ0) is 22.6. The zero-order valence-corrected chi connectivity index (χ0v) is 21.8. The minimum absolute atomic E-state index is 0.309. The van der Waals surface area contributed by atoms with Crippen LogP contribution in [0, 0.1) is 5.92 Å². The lowest BCUT2D eigenvalue weighted by Gasteiger charge is -2.36. The Morgan fingerprint density at radius 1 is 0.586 bits per heavy atom. The monoisotopic (exact) mass is 438 g/mol. The van der Waals surface area contributed by atoms with Gasteiger partial charge in [-0.2, -0.15) is 0 Å². The number of ether oxygens (including phenoxy) is 3. The predicted octanol–water partition coefficient (Wildman–Crippen LogP) is 6.02. The normalized spacial score (nSPS) is 13.1. The molecule has 0 aliphatic carbocycles. The zero-order valence-electron chi connectivity index (χ0n) is 20.8. The van der Waals surface area contributed by atoms with E-state index in [9.17, 15) is 0 Å². The van der Waals surface area contributed by atoms with E-state index in [-0.39, 0.29) is 0 Å². The molecule has 178 valence electrons. The molecule has 1 unspecified atom stereocenters. The summed E-state index contributed by atoms with van der Waals surface area (Å²) in [6.45, 7) is 6.53. The van der Waals surface area contributed by atoms with Crippen LogP contribution in [0.25, 0.3) is 0 Å². The van der Waals surface area contributed by atoms with E-state index < -0.39 is 14.8 Å². The van der Waals surface area contributed by atoms with Crippen molar-refractivity contribution in [3.63, 3.8) is 0 Å². The van der Waals surface area contributed by atoms with Gasteiger partial charge in [0.05, 0.1) is 0 Å². The number of methoxy groups -OCH3 is 3. The Kier molecular flexibility index (Phi) is 21.4. The second kappa shape index (κ2) is 19.9. The third-order valence-electron chi connectivity index (χ3n) is 5.39. The fourth-order valence-electron chi connectivity index (χ4n) is 3.63. The summed E-state index contributed by atoms with van der Waals surface area (Å²) in [5.74, 6) is -0.553.